The number of fused-ring (bicyclic) bond motifs is 1. The maximum Gasteiger partial charge on any atom is 0.294 e. The van der Waals surface area contributed by atoms with E-state index in [4.69, 9.17) is 4.74 Å². The van der Waals surface area contributed by atoms with E-state index in [0.717, 1.165) is 27.4 Å². The first-order valence-corrected chi connectivity index (χ1v) is 9.55. The van der Waals surface area contributed by atoms with Crippen molar-refractivity contribution in [1.82, 2.24) is 20.1 Å². The number of hydrogen-bond donors (Lipinski definition) is 1. The molecule has 0 aliphatic rings. The Hall–Kier alpha value is -2.74. The molecule has 0 aliphatic heterocycles. The molecule has 0 aliphatic carbocycles. The summed E-state index contributed by atoms with van der Waals surface area (Å²) in [6.45, 7) is 5.56. The zero-order valence-corrected chi connectivity index (χ0v) is 16.6. The maximum absolute atomic E-state index is 12.6. The molecule has 1 unspecified atom stereocenters. The average Bonchev–Trinajstić information content (AvgIpc) is 3.11. The molecule has 0 bridgehead atoms. The van der Waals surface area contributed by atoms with Crippen LogP contribution in [0, 0.1) is 6.92 Å². The van der Waals surface area contributed by atoms with Gasteiger partial charge in [-0.3, -0.25) is 9.59 Å². The molecule has 0 fully saturated rings. The van der Waals surface area contributed by atoms with Crippen LogP contribution in [0.5, 0.6) is 5.75 Å². The van der Waals surface area contributed by atoms with Gasteiger partial charge in [0.05, 0.1) is 28.6 Å². The first kappa shape index (κ1) is 19.0. The number of nitrogens with one attached hydrogen (secondary N) is 1. The van der Waals surface area contributed by atoms with Crippen molar-refractivity contribution in [2.75, 3.05) is 7.11 Å². The quantitative estimate of drug-likeness (QED) is 0.704. The molecule has 0 saturated heterocycles. The van der Waals surface area contributed by atoms with Crippen LogP contribution in [0.2, 0.25) is 0 Å². The SMILES string of the molecule is CCc1nc2c(=O)n(CC(=O)NC(C)c3ccc(OC)cc3)nc(C)c2s1. The predicted octanol–water partition coefficient (Wildman–Crippen LogP) is 2.61. The summed E-state index contributed by atoms with van der Waals surface area (Å²) in [4.78, 5) is 29.4. The van der Waals surface area contributed by atoms with Gasteiger partial charge in [0.2, 0.25) is 5.91 Å². The second-order valence-corrected chi connectivity index (χ2v) is 7.33. The average molecular weight is 386 g/mol. The van der Waals surface area contributed by atoms with Crippen molar-refractivity contribution in [2.45, 2.75) is 39.8 Å². The van der Waals surface area contributed by atoms with E-state index in [0.29, 0.717) is 11.2 Å². The number of rotatable bonds is 6. The third-order valence-electron chi connectivity index (χ3n) is 4.30. The number of aromatic nitrogens is 3. The van der Waals surface area contributed by atoms with Gasteiger partial charge in [0.25, 0.3) is 5.56 Å². The summed E-state index contributed by atoms with van der Waals surface area (Å²) < 4.78 is 7.12. The lowest BCUT2D eigenvalue weighted by atomic mass is 10.1. The van der Waals surface area contributed by atoms with Crippen LogP contribution in [0.1, 0.15) is 36.2 Å². The fraction of sp³-hybridized carbons (Fsp3) is 0.368. The molecule has 2 heterocycles. The van der Waals surface area contributed by atoms with Crippen LogP contribution in [0.3, 0.4) is 0 Å². The first-order valence-electron chi connectivity index (χ1n) is 8.73. The fourth-order valence-electron chi connectivity index (χ4n) is 2.81. The molecule has 0 radical (unpaired) electrons. The fourth-order valence-corrected chi connectivity index (χ4v) is 3.74. The minimum atomic E-state index is -0.334. The number of ether oxygens (including phenoxy) is 1. The maximum atomic E-state index is 12.6. The number of benzene rings is 1. The van der Waals surface area contributed by atoms with E-state index >= 15 is 0 Å². The zero-order valence-electron chi connectivity index (χ0n) is 15.8. The van der Waals surface area contributed by atoms with Crippen LogP contribution < -0.4 is 15.6 Å². The van der Waals surface area contributed by atoms with Crippen LogP contribution in [-0.2, 0) is 17.8 Å². The van der Waals surface area contributed by atoms with E-state index in [-0.39, 0.29) is 24.1 Å². The smallest absolute Gasteiger partial charge is 0.294 e. The number of methoxy groups -OCH3 is 1. The summed E-state index contributed by atoms with van der Waals surface area (Å²) in [5.41, 5.74) is 1.71. The van der Waals surface area contributed by atoms with E-state index in [2.05, 4.69) is 15.4 Å². The second-order valence-electron chi connectivity index (χ2n) is 6.25. The molecule has 1 N–H and O–H groups in total. The third-order valence-corrected chi connectivity index (χ3v) is 5.61. The molecular weight excluding hydrogens is 364 g/mol. The van der Waals surface area contributed by atoms with Crippen LogP contribution in [0.25, 0.3) is 10.2 Å². The Labute approximate surface area is 161 Å². The highest BCUT2D eigenvalue weighted by molar-refractivity contribution is 7.18. The van der Waals surface area contributed by atoms with E-state index in [1.54, 1.807) is 7.11 Å². The lowest BCUT2D eigenvalue weighted by Gasteiger charge is -2.15. The highest BCUT2D eigenvalue weighted by Gasteiger charge is 2.16. The molecule has 0 spiro atoms. The normalized spacial score (nSPS) is 12.1. The summed E-state index contributed by atoms with van der Waals surface area (Å²) >= 11 is 1.48. The minimum absolute atomic E-state index is 0.144. The van der Waals surface area contributed by atoms with Crippen LogP contribution in [-0.4, -0.2) is 27.8 Å². The van der Waals surface area contributed by atoms with Crippen molar-refractivity contribution < 1.29 is 9.53 Å². The number of thiazole rings is 1. The second kappa shape index (κ2) is 7.87. The van der Waals surface area contributed by atoms with Crippen LogP contribution in [0.4, 0.5) is 0 Å². The van der Waals surface area contributed by atoms with Crippen molar-refractivity contribution in [2.24, 2.45) is 0 Å². The van der Waals surface area contributed by atoms with Crippen molar-refractivity contribution in [3.05, 3.63) is 50.9 Å². The minimum Gasteiger partial charge on any atom is -0.497 e. The number of aryl methyl sites for hydroxylation is 2. The van der Waals surface area contributed by atoms with Gasteiger partial charge in [-0.15, -0.1) is 11.3 Å². The van der Waals surface area contributed by atoms with Gasteiger partial charge < -0.3 is 10.1 Å². The summed E-state index contributed by atoms with van der Waals surface area (Å²) in [6, 6.07) is 7.27. The Kier molecular flexibility index (Phi) is 5.55. The molecule has 2 aromatic heterocycles. The lowest BCUT2D eigenvalue weighted by molar-refractivity contribution is -0.122. The van der Waals surface area contributed by atoms with E-state index in [9.17, 15) is 9.59 Å². The highest BCUT2D eigenvalue weighted by Crippen LogP contribution is 2.22. The third kappa shape index (κ3) is 4.00. The number of carbonyl (C=O) groups excluding carboxylic acids is 1. The van der Waals surface area contributed by atoms with Gasteiger partial charge in [-0.1, -0.05) is 19.1 Å². The lowest BCUT2D eigenvalue weighted by Crippen LogP contribution is -2.35. The number of nitrogens with zero attached hydrogens (tertiary/aromatic N) is 3. The molecule has 8 heteroatoms. The molecule has 1 aromatic carbocycles. The molecule has 3 aromatic rings. The Morgan fingerprint density at radius 2 is 2.04 bits per heavy atom. The van der Waals surface area contributed by atoms with Crippen LogP contribution >= 0.6 is 11.3 Å². The first-order chi connectivity index (χ1) is 12.9. The highest BCUT2D eigenvalue weighted by atomic mass is 32.1. The molecule has 3 rings (SSSR count). The van der Waals surface area contributed by atoms with Gasteiger partial charge in [-0.25, -0.2) is 9.67 Å². The molecule has 142 valence electrons. The van der Waals surface area contributed by atoms with Crippen LogP contribution in [0.15, 0.2) is 29.1 Å². The molecule has 1 atom stereocenters. The summed E-state index contributed by atoms with van der Waals surface area (Å²) in [5, 5.41) is 8.08. The van der Waals surface area contributed by atoms with E-state index < -0.39 is 0 Å². The summed E-state index contributed by atoms with van der Waals surface area (Å²) in [5.74, 6) is 0.476. The van der Waals surface area contributed by atoms with Gasteiger partial charge in [0.15, 0.2) is 5.52 Å². The number of carbonyl (C=O) groups is 1. The van der Waals surface area contributed by atoms with Crippen molar-refractivity contribution >= 4 is 27.5 Å². The van der Waals surface area contributed by atoms with E-state index in [1.807, 2.05) is 45.0 Å². The summed E-state index contributed by atoms with van der Waals surface area (Å²) in [7, 11) is 1.61. The standard InChI is InChI=1S/C19H22N4O3S/c1-5-16-21-17-18(27-16)12(3)22-23(19(17)25)10-15(24)20-11(2)13-6-8-14(26-4)9-7-13/h6-9,11H,5,10H2,1-4H3,(H,20,24). The van der Waals surface area contributed by atoms with Gasteiger partial charge in [0, 0.05) is 0 Å². The number of hydrogen-bond acceptors (Lipinski definition) is 6. The topological polar surface area (TPSA) is 86.1 Å². The predicted molar refractivity (Wildman–Crippen MR) is 105 cm³/mol. The molecule has 7 nitrogen and oxygen atoms in total. The molecule has 0 saturated carbocycles. The molecule has 1 amide bonds. The van der Waals surface area contributed by atoms with E-state index in [1.165, 1.54) is 16.0 Å². The Balaban J connectivity index is 1.77. The molecule has 27 heavy (non-hydrogen) atoms. The van der Waals surface area contributed by atoms with Gasteiger partial charge in [-0.2, -0.15) is 5.10 Å². The van der Waals surface area contributed by atoms with Gasteiger partial charge in [-0.05, 0) is 38.0 Å². The van der Waals surface area contributed by atoms with Gasteiger partial charge in [0.1, 0.15) is 12.3 Å². The van der Waals surface area contributed by atoms with Crippen molar-refractivity contribution in [3.63, 3.8) is 0 Å². The Bertz CT molecular complexity index is 1020. The van der Waals surface area contributed by atoms with Crippen molar-refractivity contribution in [3.8, 4) is 5.75 Å². The van der Waals surface area contributed by atoms with Gasteiger partial charge >= 0.3 is 0 Å². The van der Waals surface area contributed by atoms with Crippen molar-refractivity contribution in [1.29, 1.82) is 0 Å². The molecular formula is C19H22N4O3S. The zero-order chi connectivity index (χ0) is 19.6. The Morgan fingerprint density at radius 3 is 2.67 bits per heavy atom. The number of amides is 1. The Morgan fingerprint density at radius 1 is 1.33 bits per heavy atom. The largest absolute Gasteiger partial charge is 0.497 e. The monoisotopic (exact) mass is 386 g/mol. The summed E-state index contributed by atoms with van der Waals surface area (Å²) in [6.07, 6.45) is 0.762.